The molecule has 244 valence electrons. The van der Waals surface area contributed by atoms with E-state index in [1.54, 1.807) is 0 Å². The molecular formula is C20H28N8O16. The summed E-state index contributed by atoms with van der Waals surface area (Å²) < 4.78 is 30.4. The minimum atomic E-state index is -1.60. The Morgan fingerprint density at radius 2 is 0.909 bits per heavy atom. The number of carbonyl (C=O) groups excluding carboxylic acids is 4. The van der Waals surface area contributed by atoms with Gasteiger partial charge >= 0.3 is 23.9 Å². The fraction of sp³-hybridized carbons (Fsp3) is 0.800. The van der Waals surface area contributed by atoms with E-state index in [2.05, 4.69) is 29.7 Å². The number of rotatable bonds is 10. The van der Waals surface area contributed by atoms with Crippen molar-refractivity contribution in [3.8, 4) is 0 Å². The molecule has 0 aromatic carbocycles. The standard InChI is InChI=1S/2C10H14N4O8/c2*1-4-8(20-5(2)15)9(21-6(3)16)7(12-13-11)10(19-4)22-14(17)18/h2*4,7-10H,1-3H3/t2*4-,7-,8+,9-,10-/m00/s1. The Bertz CT molecular complexity index is 1100. The molecular weight excluding hydrogens is 608 g/mol. The van der Waals surface area contributed by atoms with Gasteiger partial charge < -0.3 is 28.4 Å². The second kappa shape index (κ2) is 17.1. The summed E-state index contributed by atoms with van der Waals surface area (Å²) in [4.78, 5) is 79.3. The molecule has 0 amide bonds. The Morgan fingerprint density at radius 1 is 0.636 bits per heavy atom. The maximum Gasteiger partial charge on any atom is 0.303 e. The highest BCUT2D eigenvalue weighted by Crippen LogP contribution is 2.30. The van der Waals surface area contributed by atoms with E-state index in [0.29, 0.717) is 0 Å². The van der Waals surface area contributed by atoms with Crippen LogP contribution in [0.5, 0.6) is 0 Å². The van der Waals surface area contributed by atoms with Crippen LogP contribution in [0.15, 0.2) is 10.2 Å². The van der Waals surface area contributed by atoms with Crippen LogP contribution in [0.25, 0.3) is 20.9 Å². The Labute approximate surface area is 246 Å². The van der Waals surface area contributed by atoms with Gasteiger partial charge in [0.1, 0.15) is 12.1 Å². The number of hydrogen-bond acceptors (Lipinski definition) is 18. The highest BCUT2D eigenvalue weighted by Gasteiger charge is 2.50. The molecule has 2 rings (SSSR count). The summed E-state index contributed by atoms with van der Waals surface area (Å²) in [6.07, 6.45) is -9.79. The molecule has 0 aromatic heterocycles. The second-order valence-corrected chi connectivity index (χ2v) is 8.76. The summed E-state index contributed by atoms with van der Waals surface area (Å²) in [6, 6.07) is -2.81. The van der Waals surface area contributed by atoms with E-state index in [0.717, 1.165) is 27.7 Å². The number of carbonyl (C=O) groups is 4. The lowest BCUT2D eigenvalue weighted by molar-refractivity contribution is -0.783. The first-order chi connectivity index (χ1) is 20.5. The third-order valence-electron chi connectivity index (χ3n) is 5.46. The molecule has 24 heteroatoms. The van der Waals surface area contributed by atoms with Gasteiger partial charge in [0.15, 0.2) is 24.4 Å². The summed E-state index contributed by atoms with van der Waals surface area (Å²) in [7, 11) is 0. The number of ether oxygens (including phenoxy) is 6. The SMILES string of the molecule is CC(=O)O[C@H]1[C@H](N=[N+]=[N-])[C@H](O[N+](=O)[O-])O[C@@H](C)[C@H]1OC(C)=O.CC(=O)O[C@H]1[C@H](N=[N+]=[N-])[C@H](O[N+](=O)[O-])O[C@@H](C)[C@H]1OC(C)=O. The lowest BCUT2D eigenvalue weighted by atomic mass is 9.97. The zero-order valence-electron chi connectivity index (χ0n) is 23.9. The fourth-order valence-corrected chi connectivity index (χ4v) is 4.04. The third-order valence-corrected chi connectivity index (χ3v) is 5.46. The predicted molar refractivity (Wildman–Crippen MR) is 133 cm³/mol. The second-order valence-electron chi connectivity index (χ2n) is 8.76. The first kappa shape index (κ1) is 36.8. The first-order valence-electron chi connectivity index (χ1n) is 12.2. The van der Waals surface area contributed by atoms with E-state index in [-0.39, 0.29) is 0 Å². The Balaban J connectivity index is 0.000000440. The van der Waals surface area contributed by atoms with Crippen LogP contribution >= 0.6 is 0 Å². The molecule has 10 atom stereocenters. The fourth-order valence-electron chi connectivity index (χ4n) is 4.04. The summed E-state index contributed by atoms with van der Waals surface area (Å²) in [5.74, 6) is -2.89. The Kier molecular flexibility index (Phi) is 14.3. The Morgan fingerprint density at radius 3 is 1.14 bits per heavy atom. The van der Waals surface area contributed by atoms with Crippen molar-refractivity contribution < 1.29 is 67.4 Å². The van der Waals surface area contributed by atoms with Gasteiger partial charge in [-0.25, -0.2) is 0 Å². The molecule has 0 saturated carbocycles. The van der Waals surface area contributed by atoms with Crippen LogP contribution < -0.4 is 0 Å². The van der Waals surface area contributed by atoms with Crippen LogP contribution in [-0.4, -0.2) is 95.3 Å². The zero-order chi connectivity index (χ0) is 33.7. The lowest BCUT2D eigenvalue weighted by Crippen LogP contribution is -2.59. The molecule has 2 heterocycles. The van der Waals surface area contributed by atoms with E-state index in [9.17, 15) is 39.4 Å². The predicted octanol–water partition coefficient (Wildman–Crippen LogP) is 0.964. The molecule has 0 unspecified atom stereocenters. The van der Waals surface area contributed by atoms with E-state index >= 15 is 0 Å². The van der Waals surface area contributed by atoms with Gasteiger partial charge in [-0.1, -0.05) is 10.2 Å². The normalized spacial score (nSPS) is 30.6. The minimum Gasteiger partial charge on any atom is -0.458 e. The van der Waals surface area contributed by atoms with Gasteiger partial charge in [0.05, 0.1) is 12.2 Å². The van der Waals surface area contributed by atoms with E-state index in [1.165, 1.54) is 13.8 Å². The topological polar surface area (TPSA) is 326 Å². The zero-order valence-corrected chi connectivity index (χ0v) is 23.9. The summed E-state index contributed by atoms with van der Waals surface area (Å²) >= 11 is 0. The molecule has 0 spiro atoms. The number of hydrogen-bond donors (Lipinski definition) is 0. The molecule has 0 bridgehead atoms. The highest BCUT2D eigenvalue weighted by molar-refractivity contribution is 5.68. The lowest BCUT2D eigenvalue weighted by Gasteiger charge is -2.41. The highest BCUT2D eigenvalue weighted by atomic mass is 17.0. The summed E-state index contributed by atoms with van der Waals surface area (Å²) in [6.45, 7) is 7.29. The van der Waals surface area contributed by atoms with Crippen molar-refractivity contribution in [3.63, 3.8) is 0 Å². The molecule has 0 radical (unpaired) electrons. The van der Waals surface area contributed by atoms with Gasteiger partial charge in [0.25, 0.3) is 10.2 Å². The van der Waals surface area contributed by atoms with Crippen molar-refractivity contribution in [2.45, 2.75) is 103 Å². The molecule has 2 saturated heterocycles. The number of nitrogens with zero attached hydrogens (tertiary/aromatic N) is 8. The Hall–Kier alpha value is -5.18. The van der Waals surface area contributed by atoms with Crippen LogP contribution in [0.2, 0.25) is 0 Å². The quantitative estimate of drug-likeness (QED) is 0.0612. The molecule has 44 heavy (non-hydrogen) atoms. The minimum absolute atomic E-state index is 0.689. The number of azide groups is 2. The van der Waals surface area contributed by atoms with Crippen molar-refractivity contribution >= 4 is 23.9 Å². The molecule has 2 fully saturated rings. The smallest absolute Gasteiger partial charge is 0.303 e. The maximum absolute atomic E-state index is 11.2. The largest absolute Gasteiger partial charge is 0.458 e. The van der Waals surface area contributed by atoms with Crippen molar-refractivity contribution in [1.29, 1.82) is 0 Å². The molecule has 0 aromatic rings. The average molecular weight is 636 g/mol. The van der Waals surface area contributed by atoms with E-state index in [1.807, 2.05) is 0 Å². The van der Waals surface area contributed by atoms with Crippen LogP contribution in [0.3, 0.4) is 0 Å². The molecule has 0 N–H and O–H groups in total. The summed E-state index contributed by atoms with van der Waals surface area (Å²) in [5, 5.41) is 25.3. The average Bonchev–Trinajstić information content (AvgIpc) is 2.87. The van der Waals surface area contributed by atoms with Gasteiger partial charge in [-0.05, 0) is 24.9 Å². The van der Waals surface area contributed by atoms with E-state index < -0.39 is 95.3 Å². The molecule has 24 nitrogen and oxygen atoms in total. The van der Waals surface area contributed by atoms with Crippen LogP contribution in [0.1, 0.15) is 41.5 Å². The van der Waals surface area contributed by atoms with Gasteiger partial charge in [-0.15, -0.1) is 20.2 Å². The third kappa shape index (κ3) is 11.2. The molecule has 2 aliphatic heterocycles. The first-order valence-corrected chi connectivity index (χ1v) is 12.2. The van der Waals surface area contributed by atoms with Crippen LogP contribution in [-0.2, 0) is 57.3 Å². The molecule has 2 aliphatic rings. The maximum atomic E-state index is 11.2. The van der Waals surface area contributed by atoms with Crippen molar-refractivity contribution in [1.82, 2.24) is 0 Å². The van der Waals surface area contributed by atoms with Crippen molar-refractivity contribution in [2.75, 3.05) is 0 Å². The van der Waals surface area contributed by atoms with Gasteiger partial charge in [0.2, 0.25) is 12.6 Å². The summed E-state index contributed by atoms with van der Waals surface area (Å²) in [5.41, 5.74) is 17.2. The van der Waals surface area contributed by atoms with Crippen LogP contribution in [0, 0.1) is 20.2 Å². The monoisotopic (exact) mass is 636 g/mol. The molecule has 0 aliphatic carbocycles. The van der Waals surface area contributed by atoms with Crippen molar-refractivity contribution in [2.24, 2.45) is 10.2 Å². The van der Waals surface area contributed by atoms with Crippen LogP contribution in [0.4, 0.5) is 0 Å². The van der Waals surface area contributed by atoms with E-state index in [4.69, 9.17) is 39.5 Å². The van der Waals surface area contributed by atoms with Gasteiger partial charge in [-0.2, -0.15) is 0 Å². The number of esters is 4. The van der Waals surface area contributed by atoms with Gasteiger partial charge in [0, 0.05) is 37.5 Å². The van der Waals surface area contributed by atoms with Crippen molar-refractivity contribution in [3.05, 3.63) is 41.1 Å². The van der Waals surface area contributed by atoms with Gasteiger partial charge in [-0.3, -0.25) is 28.9 Å².